The van der Waals surface area contributed by atoms with Gasteiger partial charge in [0.15, 0.2) is 11.5 Å². The quantitative estimate of drug-likeness (QED) is 0.748. The Labute approximate surface area is 152 Å². The summed E-state index contributed by atoms with van der Waals surface area (Å²) in [4.78, 5) is 2.69. The normalized spacial score (nSPS) is 27.4. The molecular weight excluding hydrogens is 314 g/mol. The maximum atomic E-state index is 6.36. The zero-order valence-electron chi connectivity index (χ0n) is 16.0. The van der Waals surface area contributed by atoms with Crippen molar-refractivity contribution in [3.63, 3.8) is 0 Å². The van der Waals surface area contributed by atoms with E-state index in [1.807, 2.05) is 6.07 Å². The molecule has 1 heterocycles. The van der Waals surface area contributed by atoms with Gasteiger partial charge in [-0.15, -0.1) is 0 Å². The Morgan fingerprint density at radius 1 is 1.04 bits per heavy atom. The summed E-state index contributed by atoms with van der Waals surface area (Å²) in [6, 6.07) is 6.76. The minimum Gasteiger partial charge on any atom is -0.493 e. The number of likely N-dealkylation sites (tertiary alicyclic amines) is 1. The third-order valence-corrected chi connectivity index (χ3v) is 5.76. The lowest BCUT2D eigenvalue weighted by molar-refractivity contribution is -0.0298. The molecule has 0 spiro atoms. The highest BCUT2D eigenvalue weighted by Gasteiger charge is 2.33. The molecule has 3 atom stereocenters. The van der Waals surface area contributed by atoms with Gasteiger partial charge in [-0.2, -0.15) is 0 Å². The van der Waals surface area contributed by atoms with E-state index in [4.69, 9.17) is 14.2 Å². The topological polar surface area (TPSA) is 30.9 Å². The van der Waals surface area contributed by atoms with E-state index in [-0.39, 0.29) is 0 Å². The van der Waals surface area contributed by atoms with E-state index in [1.54, 1.807) is 14.2 Å². The molecule has 0 amide bonds. The zero-order valence-corrected chi connectivity index (χ0v) is 16.0. The molecule has 1 saturated heterocycles. The van der Waals surface area contributed by atoms with Crippen LogP contribution in [0.3, 0.4) is 0 Å². The number of methoxy groups -OCH3 is 2. The smallest absolute Gasteiger partial charge is 0.160 e. The predicted octanol–water partition coefficient (Wildman–Crippen LogP) is 3.92. The fourth-order valence-corrected chi connectivity index (χ4v) is 4.32. The third-order valence-electron chi connectivity index (χ3n) is 5.76. The minimum atomic E-state index is 0.402. The summed E-state index contributed by atoms with van der Waals surface area (Å²) in [5.74, 6) is 2.42. The lowest BCUT2D eigenvalue weighted by Gasteiger charge is -2.38. The van der Waals surface area contributed by atoms with E-state index in [9.17, 15) is 0 Å². The molecule has 4 nitrogen and oxygen atoms in total. The number of hydrogen-bond acceptors (Lipinski definition) is 4. The van der Waals surface area contributed by atoms with Crippen molar-refractivity contribution in [1.29, 1.82) is 0 Å². The van der Waals surface area contributed by atoms with Crippen molar-refractivity contribution < 1.29 is 14.2 Å². The van der Waals surface area contributed by atoms with Gasteiger partial charge in [-0.3, -0.25) is 4.90 Å². The van der Waals surface area contributed by atoms with Crippen molar-refractivity contribution in [3.8, 4) is 11.5 Å². The van der Waals surface area contributed by atoms with Crippen LogP contribution in [0.1, 0.15) is 44.6 Å². The first-order valence-electron chi connectivity index (χ1n) is 9.78. The van der Waals surface area contributed by atoms with Gasteiger partial charge in [0.1, 0.15) is 0 Å². The van der Waals surface area contributed by atoms with Crippen LogP contribution in [0.15, 0.2) is 18.2 Å². The largest absolute Gasteiger partial charge is 0.493 e. The lowest BCUT2D eigenvalue weighted by atomic mass is 9.91. The van der Waals surface area contributed by atoms with E-state index >= 15 is 0 Å². The molecule has 1 aliphatic carbocycles. The predicted molar refractivity (Wildman–Crippen MR) is 101 cm³/mol. The number of hydrogen-bond donors (Lipinski definition) is 0. The highest BCUT2D eigenvalue weighted by Crippen LogP contribution is 2.30. The molecule has 25 heavy (non-hydrogen) atoms. The zero-order chi connectivity index (χ0) is 17.6. The molecule has 1 aromatic carbocycles. The summed E-state index contributed by atoms with van der Waals surface area (Å²) in [5.41, 5.74) is 1.24. The number of benzene rings is 1. The molecule has 0 bridgehead atoms. The van der Waals surface area contributed by atoms with Gasteiger partial charge < -0.3 is 14.2 Å². The van der Waals surface area contributed by atoms with Gasteiger partial charge >= 0.3 is 0 Å². The van der Waals surface area contributed by atoms with Crippen LogP contribution >= 0.6 is 0 Å². The molecule has 140 valence electrons. The van der Waals surface area contributed by atoms with Gasteiger partial charge in [-0.05, 0) is 55.8 Å². The van der Waals surface area contributed by atoms with Gasteiger partial charge in [0, 0.05) is 12.6 Å². The van der Waals surface area contributed by atoms with Crippen LogP contribution in [0.4, 0.5) is 0 Å². The Balaban J connectivity index is 1.53. The van der Waals surface area contributed by atoms with Gasteiger partial charge in [0.05, 0.1) is 26.9 Å². The molecule has 0 radical (unpaired) electrons. The molecule has 1 aromatic rings. The van der Waals surface area contributed by atoms with E-state index in [2.05, 4.69) is 24.0 Å². The van der Waals surface area contributed by atoms with Crippen LogP contribution < -0.4 is 9.47 Å². The molecule has 1 saturated carbocycles. The average Bonchev–Trinajstić information content (AvgIpc) is 3.08. The fourth-order valence-electron chi connectivity index (χ4n) is 4.32. The molecule has 4 heteroatoms. The number of ether oxygens (including phenoxy) is 3. The Morgan fingerprint density at radius 2 is 1.84 bits per heavy atom. The van der Waals surface area contributed by atoms with Gasteiger partial charge in [-0.1, -0.05) is 25.8 Å². The van der Waals surface area contributed by atoms with E-state index in [0.29, 0.717) is 12.1 Å². The summed E-state index contributed by atoms with van der Waals surface area (Å²) >= 11 is 0. The van der Waals surface area contributed by atoms with E-state index < -0.39 is 0 Å². The SMILES string of the molecule is COc1ccc(CCO[C@@H]2CCCC[C@@H]2N2CC[C@@H](C)C2)cc1OC. The van der Waals surface area contributed by atoms with Crippen molar-refractivity contribution in [1.82, 2.24) is 4.90 Å². The molecule has 3 rings (SSSR count). The second-order valence-electron chi connectivity index (χ2n) is 7.59. The van der Waals surface area contributed by atoms with E-state index in [1.165, 1.54) is 50.8 Å². The van der Waals surface area contributed by atoms with Gasteiger partial charge in [0.25, 0.3) is 0 Å². The monoisotopic (exact) mass is 347 g/mol. The van der Waals surface area contributed by atoms with Crippen molar-refractivity contribution in [2.24, 2.45) is 5.92 Å². The summed E-state index contributed by atoms with van der Waals surface area (Å²) in [6.45, 7) is 5.65. The highest BCUT2D eigenvalue weighted by atomic mass is 16.5. The number of nitrogens with zero attached hydrogens (tertiary/aromatic N) is 1. The van der Waals surface area contributed by atoms with Crippen LogP contribution in [-0.2, 0) is 11.2 Å². The van der Waals surface area contributed by atoms with Gasteiger partial charge in [0.2, 0.25) is 0 Å². The summed E-state index contributed by atoms with van der Waals surface area (Å²) < 4.78 is 17.1. The summed E-state index contributed by atoms with van der Waals surface area (Å²) in [6.07, 6.45) is 7.83. The first-order chi connectivity index (χ1) is 12.2. The molecule has 2 aliphatic rings. The summed E-state index contributed by atoms with van der Waals surface area (Å²) in [7, 11) is 3.35. The third kappa shape index (κ3) is 4.68. The Morgan fingerprint density at radius 3 is 2.56 bits per heavy atom. The standard InChI is InChI=1S/C21H33NO3/c1-16-10-12-22(15-16)18-6-4-5-7-19(18)25-13-11-17-8-9-20(23-2)21(14-17)24-3/h8-9,14,16,18-19H,4-7,10-13,15H2,1-3H3/t16-,18+,19-/m1/s1. The van der Waals surface area contributed by atoms with Crippen LogP contribution in [0.2, 0.25) is 0 Å². The second kappa shape index (κ2) is 8.91. The van der Waals surface area contributed by atoms with Gasteiger partial charge in [-0.25, -0.2) is 0 Å². The maximum Gasteiger partial charge on any atom is 0.160 e. The van der Waals surface area contributed by atoms with Crippen LogP contribution in [0.5, 0.6) is 11.5 Å². The molecule has 1 aliphatic heterocycles. The van der Waals surface area contributed by atoms with Crippen molar-refractivity contribution >= 4 is 0 Å². The molecule has 0 N–H and O–H groups in total. The number of rotatable bonds is 7. The average molecular weight is 347 g/mol. The van der Waals surface area contributed by atoms with Crippen molar-refractivity contribution in [2.75, 3.05) is 33.9 Å². The highest BCUT2D eigenvalue weighted by molar-refractivity contribution is 5.42. The Kier molecular flexibility index (Phi) is 6.60. The fraction of sp³-hybridized carbons (Fsp3) is 0.714. The lowest BCUT2D eigenvalue weighted by Crippen LogP contribution is -2.45. The van der Waals surface area contributed by atoms with Crippen LogP contribution in [0, 0.1) is 5.92 Å². The minimum absolute atomic E-state index is 0.402. The van der Waals surface area contributed by atoms with Crippen LogP contribution in [0.25, 0.3) is 0 Å². The van der Waals surface area contributed by atoms with Crippen LogP contribution in [-0.4, -0.2) is 51.0 Å². The molecular formula is C21H33NO3. The summed E-state index contributed by atoms with van der Waals surface area (Å²) in [5, 5.41) is 0. The van der Waals surface area contributed by atoms with Crippen molar-refractivity contribution in [3.05, 3.63) is 23.8 Å². The molecule has 2 fully saturated rings. The van der Waals surface area contributed by atoms with E-state index in [0.717, 1.165) is 30.4 Å². The first-order valence-corrected chi connectivity index (χ1v) is 9.78. The molecule has 0 unspecified atom stereocenters. The molecule has 0 aromatic heterocycles. The van der Waals surface area contributed by atoms with Crippen molar-refractivity contribution in [2.45, 2.75) is 57.6 Å². The Hall–Kier alpha value is -1.26. The maximum absolute atomic E-state index is 6.36. The Bertz CT molecular complexity index is 548. The second-order valence-corrected chi connectivity index (χ2v) is 7.59. The first kappa shape index (κ1) is 18.5.